The number of ketones is 2. The lowest BCUT2D eigenvalue weighted by Crippen LogP contribution is -2.48. The van der Waals surface area contributed by atoms with Crippen molar-refractivity contribution in [2.75, 3.05) is 13.7 Å². The molecule has 1 aromatic rings. The smallest absolute Gasteiger partial charge is 0.241 e. The van der Waals surface area contributed by atoms with Crippen molar-refractivity contribution in [3.05, 3.63) is 29.8 Å². The summed E-state index contributed by atoms with van der Waals surface area (Å²) in [6, 6.07) is 7.37. The maximum absolute atomic E-state index is 12.2. The molecular formula is C15H17NO4. The molecule has 2 rings (SSSR count). The minimum Gasteiger partial charge on any atom is -0.497 e. The van der Waals surface area contributed by atoms with Crippen LogP contribution < -0.4 is 4.74 Å². The van der Waals surface area contributed by atoms with E-state index in [1.807, 2.05) is 24.3 Å². The molecule has 1 aromatic carbocycles. The summed E-state index contributed by atoms with van der Waals surface area (Å²) in [7, 11) is 1.59. The highest BCUT2D eigenvalue weighted by atomic mass is 16.5. The number of benzene rings is 1. The Hall–Kier alpha value is -2.17. The number of rotatable bonds is 4. The molecule has 0 saturated carbocycles. The van der Waals surface area contributed by atoms with Crippen molar-refractivity contribution >= 4 is 17.5 Å². The lowest BCUT2D eigenvalue weighted by atomic mass is 9.92. The summed E-state index contributed by atoms with van der Waals surface area (Å²) in [5.74, 6) is -1.39. The van der Waals surface area contributed by atoms with Crippen LogP contribution in [0.2, 0.25) is 0 Å². The fourth-order valence-corrected chi connectivity index (χ4v) is 2.33. The molecule has 0 spiro atoms. The van der Waals surface area contributed by atoms with Gasteiger partial charge in [0.1, 0.15) is 11.5 Å². The summed E-state index contributed by atoms with van der Waals surface area (Å²) in [6.07, 6.45) is 0.242. The molecule has 20 heavy (non-hydrogen) atoms. The average molecular weight is 275 g/mol. The first-order valence-electron chi connectivity index (χ1n) is 6.48. The van der Waals surface area contributed by atoms with Crippen LogP contribution in [-0.2, 0) is 20.9 Å². The highest BCUT2D eigenvalue weighted by Crippen LogP contribution is 2.19. The Morgan fingerprint density at radius 2 is 1.95 bits per heavy atom. The van der Waals surface area contributed by atoms with Gasteiger partial charge >= 0.3 is 0 Å². The van der Waals surface area contributed by atoms with Gasteiger partial charge in [-0.3, -0.25) is 14.4 Å². The van der Waals surface area contributed by atoms with Crippen molar-refractivity contribution in [3.63, 3.8) is 0 Å². The zero-order valence-corrected chi connectivity index (χ0v) is 11.6. The Morgan fingerprint density at radius 3 is 2.50 bits per heavy atom. The van der Waals surface area contributed by atoms with Crippen LogP contribution in [0.4, 0.5) is 0 Å². The van der Waals surface area contributed by atoms with E-state index in [4.69, 9.17) is 4.74 Å². The number of hydrogen-bond acceptors (Lipinski definition) is 4. The Kier molecular flexibility index (Phi) is 4.17. The standard InChI is InChI=1S/C15H17NO4/c1-10(17)14-13(18)7-8-16(15(14)19)9-11-3-5-12(20-2)6-4-11/h3-6,14H,7-9H2,1-2H3/t14-/m1/s1. The van der Waals surface area contributed by atoms with Gasteiger partial charge in [0, 0.05) is 19.5 Å². The number of amides is 1. The molecule has 0 radical (unpaired) electrons. The number of ether oxygens (including phenoxy) is 1. The number of hydrogen-bond donors (Lipinski definition) is 0. The number of methoxy groups -OCH3 is 1. The number of piperidine rings is 1. The predicted molar refractivity (Wildman–Crippen MR) is 72.2 cm³/mol. The van der Waals surface area contributed by atoms with E-state index in [1.165, 1.54) is 6.92 Å². The molecule has 1 saturated heterocycles. The Labute approximate surface area is 117 Å². The molecule has 1 aliphatic heterocycles. The van der Waals surface area contributed by atoms with Gasteiger partial charge in [0.2, 0.25) is 5.91 Å². The summed E-state index contributed by atoms with van der Waals surface area (Å²) in [5.41, 5.74) is 0.941. The zero-order chi connectivity index (χ0) is 14.7. The van der Waals surface area contributed by atoms with E-state index in [0.717, 1.165) is 11.3 Å². The van der Waals surface area contributed by atoms with Crippen LogP contribution in [-0.4, -0.2) is 36.0 Å². The van der Waals surface area contributed by atoms with Gasteiger partial charge in [-0.15, -0.1) is 0 Å². The molecule has 0 bridgehead atoms. The molecule has 5 heteroatoms. The van der Waals surface area contributed by atoms with E-state index in [9.17, 15) is 14.4 Å². The second-order valence-corrected chi connectivity index (χ2v) is 4.87. The lowest BCUT2D eigenvalue weighted by Gasteiger charge is -2.30. The number of likely N-dealkylation sites (tertiary alicyclic amines) is 1. The SMILES string of the molecule is COc1ccc(CN2CCC(=O)[C@@H](C(C)=O)C2=O)cc1. The molecule has 1 heterocycles. The monoisotopic (exact) mass is 275 g/mol. The van der Waals surface area contributed by atoms with Crippen LogP contribution in [0.5, 0.6) is 5.75 Å². The predicted octanol–water partition coefficient (Wildman–Crippen LogP) is 1.20. The van der Waals surface area contributed by atoms with Gasteiger partial charge in [-0.25, -0.2) is 0 Å². The molecular weight excluding hydrogens is 258 g/mol. The van der Waals surface area contributed by atoms with Gasteiger partial charge in [0.25, 0.3) is 0 Å². The maximum atomic E-state index is 12.2. The van der Waals surface area contributed by atoms with Crippen molar-refractivity contribution < 1.29 is 19.1 Å². The second-order valence-electron chi connectivity index (χ2n) is 4.87. The number of Topliss-reactive ketones (excluding diaryl/α,β-unsaturated/α-hetero) is 2. The van der Waals surface area contributed by atoms with Crippen LogP contribution >= 0.6 is 0 Å². The first kappa shape index (κ1) is 14.2. The summed E-state index contributed by atoms with van der Waals surface area (Å²) in [6.45, 7) is 2.06. The molecule has 5 nitrogen and oxygen atoms in total. The van der Waals surface area contributed by atoms with Gasteiger partial charge in [0.05, 0.1) is 7.11 Å². The summed E-state index contributed by atoms with van der Waals surface area (Å²) < 4.78 is 5.07. The van der Waals surface area contributed by atoms with Gasteiger partial charge in [-0.1, -0.05) is 12.1 Å². The summed E-state index contributed by atoms with van der Waals surface area (Å²) in [4.78, 5) is 36.8. The average Bonchev–Trinajstić information content (AvgIpc) is 2.42. The Bertz CT molecular complexity index is 535. The maximum Gasteiger partial charge on any atom is 0.241 e. The molecule has 0 aromatic heterocycles. The fourth-order valence-electron chi connectivity index (χ4n) is 2.33. The van der Waals surface area contributed by atoms with Crippen LogP contribution in [0.1, 0.15) is 18.9 Å². The number of carbonyl (C=O) groups excluding carboxylic acids is 3. The third-order valence-corrected chi connectivity index (χ3v) is 3.45. The van der Waals surface area contributed by atoms with Crippen molar-refractivity contribution in [3.8, 4) is 5.75 Å². The first-order valence-corrected chi connectivity index (χ1v) is 6.48. The van der Waals surface area contributed by atoms with Crippen molar-refractivity contribution in [1.29, 1.82) is 0 Å². The van der Waals surface area contributed by atoms with Crippen LogP contribution in [0.15, 0.2) is 24.3 Å². The van der Waals surface area contributed by atoms with Gasteiger partial charge in [-0.2, -0.15) is 0 Å². The largest absolute Gasteiger partial charge is 0.497 e. The van der Waals surface area contributed by atoms with E-state index in [-0.39, 0.29) is 23.9 Å². The number of carbonyl (C=O) groups is 3. The molecule has 1 amide bonds. The summed E-state index contributed by atoms with van der Waals surface area (Å²) in [5, 5.41) is 0. The zero-order valence-electron chi connectivity index (χ0n) is 11.6. The van der Waals surface area contributed by atoms with E-state index in [2.05, 4.69) is 0 Å². The minimum absolute atomic E-state index is 0.242. The molecule has 0 aliphatic carbocycles. The van der Waals surface area contributed by atoms with E-state index >= 15 is 0 Å². The quantitative estimate of drug-likeness (QED) is 0.775. The van der Waals surface area contributed by atoms with Crippen molar-refractivity contribution in [2.45, 2.75) is 19.9 Å². The fraction of sp³-hybridized carbons (Fsp3) is 0.400. The van der Waals surface area contributed by atoms with Crippen LogP contribution in [0.25, 0.3) is 0 Å². The van der Waals surface area contributed by atoms with Gasteiger partial charge < -0.3 is 9.64 Å². The molecule has 0 N–H and O–H groups in total. The third kappa shape index (κ3) is 2.87. The van der Waals surface area contributed by atoms with Crippen LogP contribution in [0.3, 0.4) is 0 Å². The van der Waals surface area contributed by atoms with E-state index < -0.39 is 5.92 Å². The molecule has 1 atom stereocenters. The van der Waals surface area contributed by atoms with Crippen molar-refractivity contribution in [2.24, 2.45) is 5.92 Å². The first-order chi connectivity index (χ1) is 9.52. The Balaban J connectivity index is 2.10. The second kappa shape index (κ2) is 5.86. The molecule has 1 aliphatic rings. The topological polar surface area (TPSA) is 63.7 Å². The Morgan fingerprint density at radius 1 is 1.30 bits per heavy atom. The molecule has 106 valence electrons. The van der Waals surface area contributed by atoms with Crippen LogP contribution in [0, 0.1) is 5.92 Å². The summed E-state index contributed by atoms with van der Waals surface area (Å²) >= 11 is 0. The third-order valence-electron chi connectivity index (χ3n) is 3.45. The van der Waals surface area contributed by atoms with E-state index in [0.29, 0.717) is 13.1 Å². The normalized spacial score (nSPS) is 19.1. The molecule has 1 fully saturated rings. The van der Waals surface area contributed by atoms with Gasteiger partial charge in [0.15, 0.2) is 11.7 Å². The van der Waals surface area contributed by atoms with Gasteiger partial charge in [-0.05, 0) is 24.6 Å². The lowest BCUT2D eigenvalue weighted by molar-refractivity contribution is -0.150. The number of nitrogens with zero attached hydrogens (tertiary/aromatic N) is 1. The van der Waals surface area contributed by atoms with E-state index in [1.54, 1.807) is 12.0 Å². The molecule has 0 unspecified atom stereocenters. The minimum atomic E-state index is -1.11. The highest BCUT2D eigenvalue weighted by molar-refractivity contribution is 6.19. The highest BCUT2D eigenvalue weighted by Gasteiger charge is 2.38. The van der Waals surface area contributed by atoms with Crippen molar-refractivity contribution in [1.82, 2.24) is 4.90 Å².